The summed E-state index contributed by atoms with van der Waals surface area (Å²) >= 11 is 13.9. The van der Waals surface area contributed by atoms with Crippen LogP contribution in [0.25, 0.3) is 0 Å². The fraction of sp³-hybridized carbons (Fsp3) is 0.308. The van der Waals surface area contributed by atoms with Gasteiger partial charge in [-0.05, 0) is 53.1 Å². The number of fused-ring (bicyclic) bond motifs is 1. The van der Waals surface area contributed by atoms with E-state index in [0.717, 1.165) is 12.0 Å². The first-order valence-corrected chi connectivity index (χ1v) is 12.6. The quantitative estimate of drug-likeness (QED) is 0.396. The number of nitrogens with zero attached hydrogens (tertiary/aromatic N) is 2. The molecule has 0 bridgehead atoms. The molecule has 3 aromatic rings. The molecule has 2 amide bonds. The number of thiophene rings is 1. The Morgan fingerprint density at radius 3 is 2.55 bits per heavy atom. The number of hydrogen-bond donors (Lipinski definition) is 0. The summed E-state index contributed by atoms with van der Waals surface area (Å²) in [5.74, 6) is -0.0749. The van der Waals surface area contributed by atoms with E-state index in [0.29, 0.717) is 28.7 Å². The summed E-state index contributed by atoms with van der Waals surface area (Å²) < 4.78 is 0. The number of hydrogen-bond acceptors (Lipinski definition) is 3. The zero-order valence-corrected chi connectivity index (χ0v) is 21.0. The van der Waals surface area contributed by atoms with Crippen LogP contribution in [-0.2, 0) is 11.2 Å². The molecule has 0 saturated carbocycles. The largest absolute Gasteiger partial charge is 0.330 e. The van der Waals surface area contributed by atoms with Crippen molar-refractivity contribution in [1.82, 2.24) is 9.80 Å². The van der Waals surface area contributed by atoms with Gasteiger partial charge in [-0.25, -0.2) is 0 Å². The molecule has 0 spiro atoms. The van der Waals surface area contributed by atoms with E-state index in [1.165, 1.54) is 10.4 Å². The predicted molar refractivity (Wildman–Crippen MR) is 135 cm³/mol. The Morgan fingerprint density at radius 1 is 1.09 bits per heavy atom. The van der Waals surface area contributed by atoms with E-state index >= 15 is 0 Å². The average Bonchev–Trinajstić information content (AvgIpc) is 3.28. The molecular weight excluding hydrogens is 475 g/mol. The molecule has 1 aliphatic heterocycles. The SMILES string of the molecule is CC(C)CN(CC(=O)N1CCc2sccc2C1c1ccccc1)C(=O)c1ccc(Cl)c(Cl)c1. The molecule has 2 heterocycles. The van der Waals surface area contributed by atoms with Gasteiger partial charge in [0.25, 0.3) is 5.91 Å². The van der Waals surface area contributed by atoms with E-state index < -0.39 is 0 Å². The van der Waals surface area contributed by atoms with Gasteiger partial charge in [0.2, 0.25) is 5.91 Å². The van der Waals surface area contributed by atoms with Crippen molar-refractivity contribution in [3.05, 3.63) is 91.6 Å². The number of carbonyl (C=O) groups excluding carboxylic acids is 2. The topological polar surface area (TPSA) is 40.6 Å². The third kappa shape index (κ3) is 5.26. The van der Waals surface area contributed by atoms with E-state index in [4.69, 9.17) is 23.2 Å². The molecule has 0 saturated heterocycles. The number of carbonyl (C=O) groups is 2. The Labute approximate surface area is 208 Å². The zero-order valence-electron chi connectivity index (χ0n) is 18.6. The molecule has 0 N–H and O–H groups in total. The average molecular weight is 501 g/mol. The molecule has 172 valence electrons. The maximum Gasteiger partial charge on any atom is 0.254 e. The van der Waals surface area contributed by atoms with E-state index in [9.17, 15) is 9.59 Å². The molecule has 0 radical (unpaired) electrons. The van der Waals surface area contributed by atoms with Crippen LogP contribution < -0.4 is 0 Å². The molecule has 0 aliphatic carbocycles. The molecule has 1 unspecified atom stereocenters. The van der Waals surface area contributed by atoms with Crippen LogP contribution in [0.4, 0.5) is 0 Å². The highest BCUT2D eigenvalue weighted by molar-refractivity contribution is 7.10. The second kappa shape index (κ2) is 10.3. The minimum absolute atomic E-state index is 0.0140. The number of benzene rings is 2. The van der Waals surface area contributed by atoms with E-state index in [2.05, 4.69) is 23.6 Å². The monoisotopic (exact) mass is 500 g/mol. The smallest absolute Gasteiger partial charge is 0.254 e. The molecule has 1 aromatic heterocycles. The highest BCUT2D eigenvalue weighted by Gasteiger charge is 2.34. The van der Waals surface area contributed by atoms with Crippen LogP contribution in [0.15, 0.2) is 60.0 Å². The first-order valence-electron chi connectivity index (χ1n) is 11.0. The van der Waals surface area contributed by atoms with Gasteiger partial charge >= 0.3 is 0 Å². The maximum atomic E-state index is 13.7. The molecule has 1 aliphatic rings. The third-order valence-electron chi connectivity index (χ3n) is 5.77. The van der Waals surface area contributed by atoms with E-state index in [1.807, 2.05) is 36.9 Å². The van der Waals surface area contributed by atoms with Crippen molar-refractivity contribution >= 4 is 46.4 Å². The van der Waals surface area contributed by atoms with Crippen LogP contribution in [0.5, 0.6) is 0 Å². The van der Waals surface area contributed by atoms with Crippen molar-refractivity contribution in [1.29, 1.82) is 0 Å². The number of halogens is 2. The zero-order chi connectivity index (χ0) is 23.5. The van der Waals surface area contributed by atoms with Gasteiger partial charge in [-0.1, -0.05) is 67.4 Å². The summed E-state index contributed by atoms with van der Waals surface area (Å²) in [5, 5.41) is 2.81. The van der Waals surface area contributed by atoms with Crippen LogP contribution in [0.3, 0.4) is 0 Å². The molecule has 2 aromatic carbocycles. The first kappa shape index (κ1) is 23.8. The molecule has 7 heteroatoms. The molecular formula is C26H26Cl2N2O2S. The summed E-state index contributed by atoms with van der Waals surface area (Å²) in [6, 6.07) is 16.9. The molecule has 0 fully saturated rings. The third-order valence-corrected chi connectivity index (χ3v) is 7.50. The molecule has 4 rings (SSSR count). The van der Waals surface area contributed by atoms with Crippen molar-refractivity contribution in [2.45, 2.75) is 26.3 Å². The first-order chi connectivity index (χ1) is 15.8. The maximum absolute atomic E-state index is 13.7. The number of rotatable bonds is 6. The van der Waals surface area contributed by atoms with Crippen molar-refractivity contribution < 1.29 is 9.59 Å². The highest BCUT2D eigenvalue weighted by atomic mass is 35.5. The lowest BCUT2D eigenvalue weighted by molar-refractivity contribution is -0.134. The molecule has 1 atom stereocenters. The Morgan fingerprint density at radius 2 is 1.85 bits per heavy atom. The van der Waals surface area contributed by atoms with Gasteiger partial charge in [-0.3, -0.25) is 9.59 Å². The lowest BCUT2D eigenvalue weighted by Gasteiger charge is -2.38. The van der Waals surface area contributed by atoms with Crippen LogP contribution in [-0.4, -0.2) is 41.2 Å². The van der Waals surface area contributed by atoms with Gasteiger partial charge in [0.15, 0.2) is 0 Å². The number of amides is 2. The highest BCUT2D eigenvalue weighted by Crippen LogP contribution is 2.37. The van der Waals surface area contributed by atoms with Crippen molar-refractivity contribution in [2.24, 2.45) is 5.92 Å². The minimum Gasteiger partial charge on any atom is -0.330 e. The van der Waals surface area contributed by atoms with Crippen molar-refractivity contribution in [2.75, 3.05) is 19.6 Å². The summed E-state index contributed by atoms with van der Waals surface area (Å²) in [6.07, 6.45) is 0.826. The van der Waals surface area contributed by atoms with Gasteiger partial charge in [-0.2, -0.15) is 0 Å². The minimum atomic E-state index is -0.222. The van der Waals surface area contributed by atoms with E-state index in [1.54, 1.807) is 34.4 Å². The van der Waals surface area contributed by atoms with Crippen LogP contribution in [0.2, 0.25) is 10.0 Å². The summed E-state index contributed by atoms with van der Waals surface area (Å²) in [4.78, 5) is 31.8. The normalized spacial score (nSPS) is 15.4. The summed E-state index contributed by atoms with van der Waals surface area (Å²) in [7, 11) is 0. The molecule has 33 heavy (non-hydrogen) atoms. The standard InChI is InChI=1S/C26H26Cl2N2O2S/c1-17(2)15-29(26(32)19-8-9-21(27)22(28)14-19)16-24(31)30-12-10-23-20(11-13-33-23)25(30)18-6-4-3-5-7-18/h3-9,11,13-14,17,25H,10,12,15-16H2,1-2H3. The fourth-order valence-corrected chi connectivity index (χ4v) is 5.51. The van der Waals surface area contributed by atoms with Gasteiger partial charge in [0.05, 0.1) is 16.1 Å². The van der Waals surface area contributed by atoms with Gasteiger partial charge in [0.1, 0.15) is 6.54 Å². The Bertz CT molecular complexity index is 1150. The molecule has 4 nitrogen and oxygen atoms in total. The van der Waals surface area contributed by atoms with E-state index in [-0.39, 0.29) is 30.3 Å². The Hall–Kier alpha value is -2.34. The van der Waals surface area contributed by atoms with Gasteiger partial charge in [0, 0.05) is 23.5 Å². The van der Waals surface area contributed by atoms with Crippen LogP contribution >= 0.6 is 34.5 Å². The summed E-state index contributed by atoms with van der Waals surface area (Å²) in [5.41, 5.74) is 2.68. The Balaban J connectivity index is 1.61. The van der Waals surface area contributed by atoms with Gasteiger partial charge < -0.3 is 9.80 Å². The predicted octanol–water partition coefficient (Wildman–Crippen LogP) is 6.33. The summed E-state index contributed by atoms with van der Waals surface area (Å²) in [6.45, 7) is 5.18. The van der Waals surface area contributed by atoms with Gasteiger partial charge in [-0.15, -0.1) is 11.3 Å². The Kier molecular flexibility index (Phi) is 7.42. The van der Waals surface area contributed by atoms with Crippen molar-refractivity contribution in [3.8, 4) is 0 Å². The van der Waals surface area contributed by atoms with Crippen LogP contribution in [0, 0.1) is 5.92 Å². The second-order valence-corrected chi connectivity index (χ2v) is 10.5. The van der Waals surface area contributed by atoms with Crippen LogP contribution in [0.1, 0.15) is 46.3 Å². The second-order valence-electron chi connectivity index (χ2n) is 8.66. The fourth-order valence-electron chi connectivity index (χ4n) is 4.31. The van der Waals surface area contributed by atoms with Crippen molar-refractivity contribution in [3.63, 3.8) is 0 Å². The lowest BCUT2D eigenvalue weighted by atomic mass is 9.93. The lowest BCUT2D eigenvalue weighted by Crippen LogP contribution is -2.47.